The normalized spacial score (nSPS) is 14.6. The molecular formula is C23H46N2O3S. The highest BCUT2D eigenvalue weighted by Crippen LogP contribution is 2.26. The van der Waals surface area contributed by atoms with E-state index in [1.54, 1.807) is 9.80 Å². The Morgan fingerprint density at radius 3 is 2.03 bits per heavy atom. The number of carbonyl (C=O) groups is 2. The standard InChI is InChI=1S/C23H46N2O3S/c1-11-18(4)19(29)16-25(10)21(27)22(5,6)12-13-28-23(7,8)14-20(26)24(9)15-17(2)3/h17-19,29H,11-16H2,1-10H3. The summed E-state index contributed by atoms with van der Waals surface area (Å²) in [5.41, 5.74) is -1.08. The summed E-state index contributed by atoms with van der Waals surface area (Å²) in [6.45, 7) is 18.1. The molecule has 2 amide bonds. The Kier molecular flexibility index (Phi) is 11.9. The minimum atomic E-state index is -0.555. The molecule has 0 spiro atoms. The van der Waals surface area contributed by atoms with Crippen LogP contribution in [0.2, 0.25) is 0 Å². The van der Waals surface area contributed by atoms with Gasteiger partial charge in [-0.1, -0.05) is 48.0 Å². The van der Waals surface area contributed by atoms with Gasteiger partial charge < -0.3 is 14.5 Å². The van der Waals surface area contributed by atoms with Crippen LogP contribution < -0.4 is 0 Å². The minimum absolute atomic E-state index is 0.0867. The van der Waals surface area contributed by atoms with Crippen LogP contribution in [-0.4, -0.2) is 66.3 Å². The van der Waals surface area contributed by atoms with E-state index in [1.807, 2.05) is 41.8 Å². The predicted molar refractivity (Wildman–Crippen MR) is 125 cm³/mol. The van der Waals surface area contributed by atoms with Gasteiger partial charge in [-0.05, 0) is 32.1 Å². The molecule has 2 unspecified atom stereocenters. The van der Waals surface area contributed by atoms with Gasteiger partial charge in [0.25, 0.3) is 0 Å². The van der Waals surface area contributed by atoms with E-state index in [9.17, 15) is 9.59 Å². The molecule has 0 bridgehead atoms. The van der Waals surface area contributed by atoms with Crippen LogP contribution in [0, 0.1) is 17.3 Å². The zero-order valence-electron chi connectivity index (χ0n) is 20.5. The Bertz CT molecular complexity index is 520. The van der Waals surface area contributed by atoms with Gasteiger partial charge in [-0.25, -0.2) is 0 Å². The van der Waals surface area contributed by atoms with Crippen molar-refractivity contribution in [1.82, 2.24) is 9.80 Å². The van der Waals surface area contributed by atoms with Crippen molar-refractivity contribution in [2.45, 2.75) is 85.5 Å². The number of carbonyl (C=O) groups excluding carboxylic acids is 2. The van der Waals surface area contributed by atoms with Crippen LogP contribution in [0.25, 0.3) is 0 Å². The number of rotatable bonds is 13. The van der Waals surface area contributed by atoms with E-state index in [1.165, 1.54) is 0 Å². The van der Waals surface area contributed by atoms with Gasteiger partial charge >= 0.3 is 0 Å². The summed E-state index contributed by atoms with van der Waals surface area (Å²) >= 11 is 4.66. The predicted octanol–water partition coefficient (Wildman–Crippen LogP) is 4.51. The third kappa shape index (κ3) is 10.7. The molecule has 0 rings (SSSR count). The Labute approximate surface area is 185 Å². The molecule has 29 heavy (non-hydrogen) atoms. The summed E-state index contributed by atoms with van der Waals surface area (Å²) < 4.78 is 6.02. The van der Waals surface area contributed by atoms with Gasteiger partial charge in [0, 0.05) is 44.5 Å². The van der Waals surface area contributed by atoms with Crippen molar-refractivity contribution in [3.8, 4) is 0 Å². The highest BCUT2D eigenvalue weighted by molar-refractivity contribution is 7.81. The van der Waals surface area contributed by atoms with Gasteiger partial charge in [0.05, 0.1) is 12.0 Å². The van der Waals surface area contributed by atoms with Crippen LogP contribution in [0.4, 0.5) is 0 Å². The van der Waals surface area contributed by atoms with Crippen LogP contribution in [0.15, 0.2) is 0 Å². The molecule has 0 N–H and O–H groups in total. The summed E-state index contributed by atoms with van der Waals surface area (Å²) in [5.74, 6) is 1.10. The first-order valence-corrected chi connectivity index (χ1v) is 11.5. The fraction of sp³-hybridized carbons (Fsp3) is 0.913. The molecule has 172 valence electrons. The quantitative estimate of drug-likeness (QED) is 0.438. The molecular weight excluding hydrogens is 384 g/mol. The van der Waals surface area contributed by atoms with Crippen molar-refractivity contribution >= 4 is 24.4 Å². The number of amides is 2. The molecule has 0 aliphatic carbocycles. The van der Waals surface area contributed by atoms with Gasteiger partial charge in [0.2, 0.25) is 11.8 Å². The SMILES string of the molecule is CCC(C)C(S)CN(C)C(=O)C(C)(C)CCOC(C)(C)CC(=O)N(C)CC(C)C. The number of ether oxygens (including phenoxy) is 1. The lowest BCUT2D eigenvalue weighted by atomic mass is 9.87. The summed E-state index contributed by atoms with van der Waals surface area (Å²) in [7, 11) is 3.69. The van der Waals surface area contributed by atoms with E-state index in [-0.39, 0.29) is 17.1 Å². The molecule has 0 saturated heterocycles. The molecule has 0 aromatic rings. The fourth-order valence-electron chi connectivity index (χ4n) is 3.22. The second-order valence-corrected chi connectivity index (χ2v) is 10.9. The molecule has 5 nitrogen and oxygen atoms in total. The van der Waals surface area contributed by atoms with Crippen molar-refractivity contribution in [1.29, 1.82) is 0 Å². The van der Waals surface area contributed by atoms with Crippen molar-refractivity contribution in [3.63, 3.8) is 0 Å². The molecule has 0 aromatic carbocycles. The molecule has 0 fully saturated rings. The monoisotopic (exact) mass is 430 g/mol. The smallest absolute Gasteiger partial charge is 0.228 e. The lowest BCUT2D eigenvalue weighted by Gasteiger charge is -2.33. The van der Waals surface area contributed by atoms with E-state index >= 15 is 0 Å². The zero-order chi connectivity index (χ0) is 23.0. The van der Waals surface area contributed by atoms with Gasteiger partial charge in [-0.3, -0.25) is 9.59 Å². The lowest BCUT2D eigenvalue weighted by Crippen LogP contribution is -2.43. The van der Waals surface area contributed by atoms with E-state index in [2.05, 4.69) is 40.3 Å². The number of hydrogen-bond acceptors (Lipinski definition) is 4. The molecule has 0 aliphatic rings. The van der Waals surface area contributed by atoms with Crippen LogP contribution in [0.3, 0.4) is 0 Å². The fourth-order valence-corrected chi connectivity index (χ4v) is 3.68. The van der Waals surface area contributed by atoms with Crippen LogP contribution in [0.1, 0.15) is 74.7 Å². The third-order valence-electron chi connectivity index (χ3n) is 5.55. The first-order valence-electron chi connectivity index (χ1n) is 10.9. The van der Waals surface area contributed by atoms with E-state index in [0.717, 1.165) is 13.0 Å². The van der Waals surface area contributed by atoms with Crippen LogP contribution >= 0.6 is 12.6 Å². The minimum Gasteiger partial charge on any atom is -0.375 e. The molecule has 0 heterocycles. The summed E-state index contributed by atoms with van der Waals surface area (Å²) in [4.78, 5) is 28.9. The first-order chi connectivity index (χ1) is 13.1. The van der Waals surface area contributed by atoms with Crippen molar-refractivity contribution in [2.75, 3.05) is 33.8 Å². The highest BCUT2D eigenvalue weighted by Gasteiger charge is 2.33. The maximum absolute atomic E-state index is 12.9. The van der Waals surface area contributed by atoms with E-state index in [0.29, 0.717) is 37.8 Å². The molecule has 6 heteroatoms. The molecule has 0 aliphatic heterocycles. The van der Waals surface area contributed by atoms with Gasteiger partial charge in [-0.2, -0.15) is 12.6 Å². The number of hydrogen-bond donors (Lipinski definition) is 1. The van der Waals surface area contributed by atoms with Crippen LogP contribution in [-0.2, 0) is 14.3 Å². The van der Waals surface area contributed by atoms with Crippen LogP contribution in [0.5, 0.6) is 0 Å². The highest BCUT2D eigenvalue weighted by atomic mass is 32.1. The average molecular weight is 431 g/mol. The topological polar surface area (TPSA) is 49.9 Å². The van der Waals surface area contributed by atoms with Crippen molar-refractivity contribution in [3.05, 3.63) is 0 Å². The Hall–Kier alpha value is -0.750. The maximum Gasteiger partial charge on any atom is 0.228 e. The van der Waals surface area contributed by atoms with E-state index < -0.39 is 11.0 Å². The first kappa shape index (κ1) is 28.2. The third-order valence-corrected chi connectivity index (χ3v) is 6.22. The van der Waals surface area contributed by atoms with Gasteiger partial charge in [0.1, 0.15) is 0 Å². The van der Waals surface area contributed by atoms with E-state index in [4.69, 9.17) is 4.74 Å². The lowest BCUT2D eigenvalue weighted by molar-refractivity contribution is -0.143. The molecule has 0 radical (unpaired) electrons. The summed E-state index contributed by atoms with van der Waals surface area (Å²) in [6, 6.07) is 0. The molecule has 0 saturated carbocycles. The number of nitrogens with zero attached hydrogens (tertiary/aromatic N) is 2. The second-order valence-electron chi connectivity index (χ2n) is 10.2. The summed E-state index contributed by atoms with van der Waals surface area (Å²) in [5, 5.41) is 0.175. The average Bonchev–Trinajstić information content (AvgIpc) is 2.58. The number of thiol groups is 1. The molecule has 0 aromatic heterocycles. The van der Waals surface area contributed by atoms with Gasteiger partial charge in [-0.15, -0.1) is 0 Å². The second kappa shape index (κ2) is 12.2. The largest absolute Gasteiger partial charge is 0.375 e. The van der Waals surface area contributed by atoms with Crippen molar-refractivity contribution in [2.24, 2.45) is 17.3 Å². The van der Waals surface area contributed by atoms with Crippen molar-refractivity contribution < 1.29 is 14.3 Å². The summed E-state index contributed by atoms with van der Waals surface area (Å²) in [6.07, 6.45) is 1.99. The Morgan fingerprint density at radius 2 is 1.55 bits per heavy atom. The molecule has 2 atom stereocenters. The maximum atomic E-state index is 12.9. The Balaban J connectivity index is 4.63. The Morgan fingerprint density at radius 1 is 1.00 bits per heavy atom. The van der Waals surface area contributed by atoms with Gasteiger partial charge in [0.15, 0.2) is 0 Å². The zero-order valence-corrected chi connectivity index (χ0v) is 21.4.